The maximum Gasteiger partial charge on any atom is 0.319 e. The van der Waals surface area contributed by atoms with E-state index in [9.17, 15) is 9.18 Å². The van der Waals surface area contributed by atoms with Crippen molar-refractivity contribution >= 4 is 11.7 Å². The molecule has 1 aliphatic carbocycles. The second-order valence-corrected chi connectivity index (χ2v) is 6.59. The molecule has 0 radical (unpaired) electrons. The number of urea groups is 1. The summed E-state index contributed by atoms with van der Waals surface area (Å²) in [6.45, 7) is 1.49. The lowest BCUT2D eigenvalue weighted by Crippen LogP contribution is -2.46. The van der Waals surface area contributed by atoms with Crippen LogP contribution in [0, 0.1) is 5.82 Å². The summed E-state index contributed by atoms with van der Waals surface area (Å²) in [4.78, 5) is 15.4. The molecule has 0 spiro atoms. The van der Waals surface area contributed by atoms with Crippen molar-refractivity contribution in [3.63, 3.8) is 0 Å². The molecule has 4 nitrogen and oxygen atoms in total. The summed E-state index contributed by atoms with van der Waals surface area (Å²) >= 11 is 0. The van der Waals surface area contributed by atoms with Crippen LogP contribution >= 0.6 is 0 Å². The highest BCUT2D eigenvalue weighted by Crippen LogP contribution is 2.41. The minimum absolute atomic E-state index is 0.0679. The summed E-state index contributed by atoms with van der Waals surface area (Å²) in [5.41, 5.74) is 1.70. The van der Waals surface area contributed by atoms with E-state index in [1.807, 2.05) is 17.0 Å². The van der Waals surface area contributed by atoms with Crippen molar-refractivity contribution in [2.24, 2.45) is 0 Å². The topological polar surface area (TPSA) is 35.6 Å². The fourth-order valence-corrected chi connectivity index (χ4v) is 3.08. The molecule has 1 aromatic carbocycles. The van der Waals surface area contributed by atoms with Gasteiger partial charge in [-0.2, -0.15) is 0 Å². The molecule has 120 valence electrons. The smallest absolute Gasteiger partial charge is 0.319 e. The van der Waals surface area contributed by atoms with Gasteiger partial charge < -0.3 is 15.1 Å². The van der Waals surface area contributed by atoms with E-state index >= 15 is 0 Å². The van der Waals surface area contributed by atoms with Gasteiger partial charge in [0.1, 0.15) is 5.82 Å². The SMILES string of the molecule is CN(C)C(=O)N1CCC(Nc2ccc(C3CC3)c(F)c2)CC1. The van der Waals surface area contributed by atoms with Gasteiger partial charge in [-0.1, -0.05) is 6.07 Å². The molecule has 0 bridgehead atoms. The first-order valence-electron chi connectivity index (χ1n) is 8.07. The molecule has 0 aromatic heterocycles. The van der Waals surface area contributed by atoms with E-state index < -0.39 is 0 Å². The van der Waals surface area contributed by atoms with Gasteiger partial charge in [0, 0.05) is 38.9 Å². The molecular weight excluding hydrogens is 281 g/mol. The van der Waals surface area contributed by atoms with E-state index in [-0.39, 0.29) is 11.8 Å². The predicted octanol–water partition coefficient (Wildman–Crippen LogP) is 3.26. The molecule has 22 heavy (non-hydrogen) atoms. The number of carbonyl (C=O) groups excluding carboxylic acids is 1. The minimum Gasteiger partial charge on any atom is -0.382 e. The van der Waals surface area contributed by atoms with Gasteiger partial charge in [0.05, 0.1) is 0 Å². The van der Waals surface area contributed by atoms with Crippen molar-refractivity contribution in [3.8, 4) is 0 Å². The predicted molar refractivity (Wildman–Crippen MR) is 85.7 cm³/mol. The molecule has 1 saturated heterocycles. The zero-order valence-electron chi connectivity index (χ0n) is 13.3. The maximum absolute atomic E-state index is 14.1. The molecule has 2 amide bonds. The number of hydrogen-bond donors (Lipinski definition) is 1. The standard InChI is InChI=1S/C17H24FN3O/c1-20(2)17(22)21-9-7-13(8-10-21)19-14-5-6-15(12-3-4-12)16(18)11-14/h5-6,11-13,19H,3-4,7-10H2,1-2H3. The number of rotatable bonds is 3. The monoisotopic (exact) mass is 305 g/mol. The van der Waals surface area contributed by atoms with Crippen LogP contribution in [0.4, 0.5) is 14.9 Å². The zero-order chi connectivity index (χ0) is 15.7. The Balaban J connectivity index is 1.54. The van der Waals surface area contributed by atoms with Crippen LogP contribution in [0.1, 0.15) is 37.2 Å². The van der Waals surface area contributed by atoms with Crippen LogP contribution < -0.4 is 5.32 Å². The lowest BCUT2D eigenvalue weighted by atomic mass is 10.0. The number of nitrogens with zero attached hydrogens (tertiary/aromatic N) is 2. The van der Waals surface area contributed by atoms with Crippen LogP contribution in [0.15, 0.2) is 18.2 Å². The van der Waals surface area contributed by atoms with E-state index in [1.54, 1.807) is 25.1 Å². The molecule has 1 saturated carbocycles. The largest absolute Gasteiger partial charge is 0.382 e. The van der Waals surface area contributed by atoms with Crippen molar-refractivity contribution in [1.82, 2.24) is 9.80 Å². The maximum atomic E-state index is 14.1. The quantitative estimate of drug-likeness (QED) is 0.930. The van der Waals surface area contributed by atoms with Gasteiger partial charge in [0.15, 0.2) is 0 Å². The lowest BCUT2D eigenvalue weighted by molar-refractivity contribution is 0.158. The summed E-state index contributed by atoms with van der Waals surface area (Å²) in [6.07, 6.45) is 4.02. The number of halogens is 1. The Kier molecular flexibility index (Phi) is 4.23. The van der Waals surface area contributed by atoms with Crippen LogP contribution in [0.3, 0.4) is 0 Å². The number of carbonyl (C=O) groups is 1. The molecule has 5 heteroatoms. The molecule has 0 unspecified atom stereocenters. The number of hydrogen-bond acceptors (Lipinski definition) is 2. The first-order valence-corrected chi connectivity index (χ1v) is 8.07. The van der Waals surface area contributed by atoms with Crippen LogP contribution in [-0.2, 0) is 0 Å². The highest BCUT2D eigenvalue weighted by Gasteiger charge is 2.27. The molecule has 1 heterocycles. The number of likely N-dealkylation sites (tertiary alicyclic amines) is 1. The lowest BCUT2D eigenvalue weighted by Gasteiger charge is -2.34. The van der Waals surface area contributed by atoms with Crippen molar-refractivity contribution in [1.29, 1.82) is 0 Å². The Morgan fingerprint density at radius 2 is 1.91 bits per heavy atom. The molecule has 3 rings (SSSR count). The third-order valence-electron chi connectivity index (χ3n) is 4.54. The first-order chi connectivity index (χ1) is 10.5. The molecule has 1 aliphatic heterocycles. The van der Waals surface area contributed by atoms with Crippen LogP contribution in [0.25, 0.3) is 0 Å². The van der Waals surface area contributed by atoms with Crippen LogP contribution in [0.5, 0.6) is 0 Å². The third-order valence-corrected chi connectivity index (χ3v) is 4.54. The summed E-state index contributed by atoms with van der Waals surface area (Å²) < 4.78 is 14.1. The normalized spacial score (nSPS) is 19.1. The molecular formula is C17H24FN3O. The average Bonchev–Trinajstić information content (AvgIpc) is 3.32. The molecule has 2 aliphatic rings. The van der Waals surface area contributed by atoms with E-state index in [4.69, 9.17) is 0 Å². The number of anilines is 1. The highest BCUT2D eigenvalue weighted by atomic mass is 19.1. The van der Waals surface area contributed by atoms with E-state index in [1.165, 1.54) is 0 Å². The Labute approximate surface area is 131 Å². The summed E-state index contributed by atoms with van der Waals surface area (Å²) in [6, 6.07) is 5.88. The van der Waals surface area contributed by atoms with Gasteiger partial charge in [0.25, 0.3) is 0 Å². The van der Waals surface area contributed by atoms with Crippen molar-refractivity contribution in [2.45, 2.75) is 37.6 Å². The Morgan fingerprint density at radius 3 is 2.45 bits per heavy atom. The molecule has 0 atom stereocenters. The third kappa shape index (κ3) is 3.34. The number of benzene rings is 1. The van der Waals surface area contributed by atoms with Crippen LogP contribution in [0.2, 0.25) is 0 Å². The number of nitrogens with one attached hydrogen (secondary N) is 1. The second-order valence-electron chi connectivity index (χ2n) is 6.59. The van der Waals surface area contributed by atoms with Gasteiger partial charge in [-0.3, -0.25) is 0 Å². The van der Waals surface area contributed by atoms with Crippen molar-refractivity contribution in [2.75, 3.05) is 32.5 Å². The molecule has 1 N–H and O–H groups in total. The summed E-state index contributed by atoms with van der Waals surface area (Å²) in [5.74, 6) is 0.349. The van der Waals surface area contributed by atoms with Gasteiger partial charge in [-0.05, 0) is 49.3 Å². The minimum atomic E-state index is -0.0901. The zero-order valence-corrected chi connectivity index (χ0v) is 13.3. The molecule has 1 aromatic rings. The van der Waals surface area contributed by atoms with Crippen molar-refractivity contribution in [3.05, 3.63) is 29.6 Å². The Bertz CT molecular complexity index is 549. The second kappa shape index (κ2) is 6.15. The van der Waals surface area contributed by atoms with Gasteiger partial charge in [0.2, 0.25) is 0 Å². The Morgan fingerprint density at radius 1 is 1.23 bits per heavy atom. The van der Waals surface area contributed by atoms with Crippen LogP contribution in [-0.4, -0.2) is 49.1 Å². The summed E-state index contributed by atoms with van der Waals surface area (Å²) in [7, 11) is 3.55. The number of amides is 2. The molecule has 2 fully saturated rings. The average molecular weight is 305 g/mol. The summed E-state index contributed by atoms with van der Waals surface area (Å²) in [5, 5.41) is 3.41. The fraction of sp³-hybridized carbons (Fsp3) is 0.588. The van der Waals surface area contributed by atoms with Gasteiger partial charge in [-0.15, -0.1) is 0 Å². The van der Waals surface area contributed by atoms with Gasteiger partial charge >= 0.3 is 6.03 Å². The van der Waals surface area contributed by atoms with E-state index in [0.717, 1.165) is 50.0 Å². The van der Waals surface area contributed by atoms with Gasteiger partial charge in [-0.25, -0.2) is 9.18 Å². The van der Waals surface area contributed by atoms with E-state index in [2.05, 4.69) is 5.32 Å². The first kappa shape index (κ1) is 15.1. The highest BCUT2D eigenvalue weighted by molar-refractivity contribution is 5.73. The fourth-order valence-electron chi connectivity index (χ4n) is 3.08. The Hall–Kier alpha value is -1.78. The van der Waals surface area contributed by atoms with Crippen molar-refractivity contribution < 1.29 is 9.18 Å². The van der Waals surface area contributed by atoms with E-state index in [0.29, 0.717) is 12.0 Å². The number of piperidine rings is 1.